The zero-order valence-corrected chi connectivity index (χ0v) is 16.3. The first-order chi connectivity index (χ1) is 13.4. The first-order valence-electron chi connectivity index (χ1n) is 8.57. The summed E-state index contributed by atoms with van der Waals surface area (Å²) < 4.78 is 12.9. The molecule has 0 atom stereocenters. The molecule has 1 aliphatic rings. The van der Waals surface area contributed by atoms with Crippen LogP contribution in [0.15, 0.2) is 78.9 Å². The highest BCUT2D eigenvalue weighted by Gasteiger charge is 2.26. The minimum absolute atomic E-state index is 0. The third-order valence-electron chi connectivity index (χ3n) is 4.22. The number of anilines is 2. The number of hydrogen-bond acceptors (Lipinski definition) is 5. The van der Waals surface area contributed by atoms with Crippen LogP contribution in [0.3, 0.4) is 0 Å². The maximum atomic E-state index is 5.55. The van der Waals surface area contributed by atoms with E-state index >= 15 is 0 Å². The summed E-state index contributed by atoms with van der Waals surface area (Å²) in [4.78, 5) is 0. The van der Waals surface area contributed by atoms with Crippen molar-refractivity contribution in [2.24, 2.45) is 0 Å². The number of halogens is 1. The van der Waals surface area contributed by atoms with Crippen LogP contribution in [0, 0.1) is 0 Å². The highest BCUT2D eigenvalue weighted by molar-refractivity contribution is 7.18. The van der Waals surface area contributed by atoms with E-state index in [4.69, 9.17) is 14.6 Å². The Morgan fingerprint density at radius 2 is 1.57 bits per heavy atom. The van der Waals surface area contributed by atoms with Crippen molar-refractivity contribution in [2.75, 3.05) is 12.1 Å². The van der Waals surface area contributed by atoms with Gasteiger partial charge < -0.3 is 27.2 Å². The van der Waals surface area contributed by atoms with Gasteiger partial charge >= 0.3 is 5.01 Å². The van der Waals surface area contributed by atoms with Gasteiger partial charge in [0.2, 0.25) is 12.5 Å². The molecule has 28 heavy (non-hydrogen) atoms. The van der Waals surface area contributed by atoms with Crippen molar-refractivity contribution >= 4 is 22.2 Å². The Hall–Kier alpha value is -3.09. The summed E-state index contributed by atoms with van der Waals surface area (Å²) in [6.45, 7) is 0.265. The lowest BCUT2D eigenvalue weighted by Gasteiger charge is -1.98. The minimum Gasteiger partial charge on any atom is -1.00 e. The lowest BCUT2D eigenvalue weighted by atomic mass is 10.2. The molecular weight excluding hydrogens is 394 g/mol. The maximum absolute atomic E-state index is 5.55. The quantitative estimate of drug-likeness (QED) is 0.520. The van der Waals surface area contributed by atoms with Gasteiger partial charge in [0, 0.05) is 22.9 Å². The van der Waals surface area contributed by atoms with Gasteiger partial charge in [0.05, 0.1) is 5.56 Å². The topological polar surface area (TPSA) is 47.3 Å². The van der Waals surface area contributed by atoms with Gasteiger partial charge in [0.25, 0.3) is 5.13 Å². The van der Waals surface area contributed by atoms with Gasteiger partial charge in [-0.1, -0.05) is 36.4 Å². The summed E-state index contributed by atoms with van der Waals surface area (Å²) >= 11 is 1.59. The number of benzene rings is 3. The third kappa shape index (κ3) is 3.52. The van der Waals surface area contributed by atoms with Crippen LogP contribution in [-0.2, 0) is 0 Å². The molecule has 1 N–H and O–H groups in total. The lowest BCUT2D eigenvalue weighted by Crippen LogP contribution is -3.00. The number of hydrogen-bond donors (Lipinski definition) is 1. The van der Waals surface area contributed by atoms with Crippen LogP contribution in [0.1, 0.15) is 0 Å². The van der Waals surface area contributed by atoms with Crippen molar-refractivity contribution in [1.29, 1.82) is 0 Å². The minimum atomic E-state index is 0. The van der Waals surface area contributed by atoms with Crippen molar-refractivity contribution < 1.29 is 26.6 Å². The molecular formula is C21H16ClN3O2S. The van der Waals surface area contributed by atoms with E-state index in [9.17, 15) is 0 Å². The molecule has 4 aromatic rings. The summed E-state index contributed by atoms with van der Waals surface area (Å²) in [5, 5.41) is 10.0. The molecule has 5 rings (SSSR count). The summed E-state index contributed by atoms with van der Waals surface area (Å²) in [5.41, 5.74) is 3.04. The van der Waals surface area contributed by atoms with Crippen LogP contribution >= 0.6 is 11.3 Å². The predicted octanol–water partition coefficient (Wildman–Crippen LogP) is 1.56. The molecule has 0 amide bonds. The average Bonchev–Trinajstić information content (AvgIpc) is 3.36. The molecule has 2 heterocycles. The van der Waals surface area contributed by atoms with E-state index in [2.05, 4.69) is 5.32 Å². The Bertz CT molecular complexity index is 1090. The Morgan fingerprint density at radius 1 is 0.857 bits per heavy atom. The van der Waals surface area contributed by atoms with E-state index in [0.29, 0.717) is 0 Å². The Kier molecular flexibility index (Phi) is 5.14. The molecule has 0 unspecified atom stereocenters. The highest BCUT2D eigenvalue weighted by Crippen LogP contribution is 2.37. The van der Waals surface area contributed by atoms with Gasteiger partial charge in [0.15, 0.2) is 11.5 Å². The monoisotopic (exact) mass is 409 g/mol. The molecule has 1 aromatic heterocycles. The molecule has 5 nitrogen and oxygen atoms in total. The zero-order chi connectivity index (χ0) is 18.1. The second-order valence-corrected chi connectivity index (χ2v) is 7.00. The Labute approximate surface area is 172 Å². The van der Waals surface area contributed by atoms with E-state index < -0.39 is 0 Å². The summed E-state index contributed by atoms with van der Waals surface area (Å²) in [5.74, 6) is 1.54. The van der Waals surface area contributed by atoms with Gasteiger partial charge in [0.1, 0.15) is 0 Å². The number of nitrogens with one attached hydrogen (secondary N) is 1. The summed E-state index contributed by atoms with van der Waals surface area (Å²) in [6.07, 6.45) is 0. The average molecular weight is 410 g/mol. The SMILES string of the molecule is [Cl-].c1ccc(Nc2n[n+](-c3ccccc3)c(-c3ccc4c(c3)OCO4)s2)cc1. The van der Waals surface area contributed by atoms with Gasteiger partial charge in [-0.2, -0.15) is 0 Å². The van der Waals surface area contributed by atoms with Gasteiger partial charge in [-0.3, -0.25) is 0 Å². The molecule has 0 bridgehead atoms. The standard InChI is InChI=1S/C21H16N3O2S.ClH/c1-3-7-16(8-4-1)22-21-23-24(17-9-5-2-6-10-17)20(27-21)15-11-12-18-19(13-15)26-14-25-18;/h1-13H,14H2,(H,22,23);1H/q+1;/p-1. The van der Waals surface area contributed by atoms with Crippen LogP contribution < -0.4 is 31.9 Å². The van der Waals surface area contributed by atoms with Crippen LogP contribution in [0.25, 0.3) is 16.3 Å². The molecule has 3 aromatic carbocycles. The normalized spacial score (nSPS) is 11.7. The zero-order valence-electron chi connectivity index (χ0n) is 14.7. The first-order valence-corrected chi connectivity index (χ1v) is 9.39. The van der Waals surface area contributed by atoms with Crippen molar-refractivity contribution in [3.05, 3.63) is 78.9 Å². The third-order valence-corrected chi connectivity index (χ3v) is 5.20. The fourth-order valence-corrected chi connectivity index (χ4v) is 3.89. The van der Waals surface area contributed by atoms with Crippen molar-refractivity contribution in [3.63, 3.8) is 0 Å². The molecule has 0 fully saturated rings. The van der Waals surface area contributed by atoms with Crippen LogP contribution in [-0.4, -0.2) is 11.9 Å². The van der Waals surface area contributed by atoms with Crippen molar-refractivity contribution in [1.82, 2.24) is 5.10 Å². The number of ether oxygens (including phenoxy) is 2. The lowest BCUT2D eigenvalue weighted by molar-refractivity contribution is -0.642. The second kappa shape index (κ2) is 7.88. The summed E-state index contributed by atoms with van der Waals surface area (Å²) in [7, 11) is 0. The highest BCUT2D eigenvalue weighted by atomic mass is 35.5. The van der Waals surface area contributed by atoms with Crippen molar-refractivity contribution in [2.45, 2.75) is 0 Å². The molecule has 0 saturated carbocycles. The van der Waals surface area contributed by atoms with Crippen molar-refractivity contribution in [3.8, 4) is 27.8 Å². The second-order valence-electron chi connectivity index (χ2n) is 6.02. The number of nitrogens with zero attached hydrogens (tertiary/aromatic N) is 2. The first kappa shape index (κ1) is 18.3. The molecule has 0 aliphatic carbocycles. The Balaban J connectivity index is 0.00000192. The fourth-order valence-electron chi connectivity index (χ4n) is 2.94. The number of aromatic nitrogens is 2. The Morgan fingerprint density at radius 3 is 2.36 bits per heavy atom. The van der Waals surface area contributed by atoms with E-state index in [1.807, 2.05) is 83.5 Å². The van der Waals surface area contributed by atoms with E-state index in [1.165, 1.54) is 0 Å². The number of rotatable bonds is 4. The van der Waals surface area contributed by atoms with Crippen LogP contribution in [0.5, 0.6) is 11.5 Å². The molecule has 140 valence electrons. The van der Waals surface area contributed by atoms with E-state index in [0.717, 1.165) is 38.6 Å². The van der Waals surface area contributed by atoms with E-state index in [-0.39, 0.29) is 19.2 Å². The van der Waals surface area contributed by atoms with E-state index in [1.54, 1.807) is 11.3 Å². The van der Waals surface area contributed by atoms with Crippen LogP contribution in [0.4, 0.5) is 10.8 Å². The molecule has 0 spiro atoms. The number of fused-ring (bicyclic) bond motifs is 1. The van der Waals surface area contributed by atoms with Gasteiger partial charge in [-0.15, -0.1) is 0 Å². The number of para-hydroxylation sites is 2. The van der Waals surface area contributed by atoms with Crippen LogP contribution in [0.2, 0.25) is 0 Å². The largest absolute Gasteiger partial charge is 1.00 e. The molecule has 0 saturated heterocycles. The molecule has 1 aliphatic heterocycles. The molecule has 0 radical (unpaired) electrons. The fraction of sp³-hybridized carbons (Fsp3) is 0.0476. The smallest absolute Gasteiger partial charge is 0.305 e. The maximum Gasteiger partial charge on any atom is 0.305 e. The summed E-state index contributed by atoms with van der Waals surface area (Å²) in [6, 6.07) is 26.1. The van der Waals surface area contributed by atoms with Gasteiger partial charge in [-0.05, 0) is 46.4 Å². The van der Waals surface area contributed by atoms with Gasteiger partial charge in [-0.25, -0.2) is 0 Å². The predicted molar refractivity (Wildman–Crippen MR) is 105 cm³/mol. The molecule has 7 heteroatoms.